The van der Waals surface area contributed by atoms with Crippen LogP contribution in [0.15, 0.2) is 43.6 Å². The van der Waals surface area contributed by atoms with E-state index in [9.17, 15) is 4.79 Å². The molecular weight excluding hydrogens is 236 g/mol. The molecule has 96 valence electrons. The zero-order valence-electron chi connectivity index (χ0n) is 10.9. The Hall–Kier alpha value is -2.55. The summed E-state index contributed by atoms with van der Waals surface area (Å²) in [6, 6.07) is 7.43. The highest BCUT2D eigenvalue weighted by molar-refractivity contribution is 6.04. The number of carbonyl (C=O) groups is 1. The second-order valence-corrected chi connectivity index (χ2v) is 4.21. The summed E-state index contributed by atoms with van der Waals surface area (Å²) >= 11 is 0. The lowest BCUT2D eigenvalue weighted by molar-refractivity contribution is 0.102. The van der Waals surface area contributed by atoms with Gasteiger partial charge in [0.15, 0.2) is 0 Å². The topological polar surface area (TPSA) is 44.9 Å². The Morgan fingerprint density at radius 3 is 2.63 bits per heavy atom. The van der Waals surface area contributed by atoms with Crippen molar-refractivity contribution in [3.8, 4) is 0 Å². The predicted octanol–water partition coefficient (Wildman–Crippen LogP) is 3.86. The Morgan fingerprint density at radius 2 is 2.05 bits per heavy atom. The predicted molar refractivity (Wildman–Crippen MR) is 80.1 cm³/mol. The molecule has 1 aromatic carbocycles. The van der Waals surface area contributed by atoms with Crippen LogP contribution in [0.5, 0.6) is 0 Å². The van der Waals surface area contributed by atoms with E-state index < -0.39 is 0 Å². The van der Waals surface area contributed by atoms with E-state index in [-0.39, 0.29) is 5.91 Å². The molecule has 0 fully saturated rings. The number of hydrogen-bond donors (Lipinski definition) is 2. The molecule has 0 spiro atoms. The first kappa shape index (κ1) is 12.9. The molecule has 0 atom stereocenters. The van der Waals surface area contributed by atoms with Gasteiger partial charge in [-0.25, -0.2) is 0 Å². The molecule has 0 aliphatic carbocycles. The molecule has 0 aliphatic rings. The molecular formula is C16H16N2O. The Morgan fingerprint density at radius 1 is 1.26 bits per heavy atom. The number of rotatable bonds is 4. The summed E-state index contributed by atoms with van der Waals surface area (Å²) in [6.07, 6.45) is 5.20. The molecule has 0 radical (unpaired) electrons. The average molecular weight is 252 g/mol. The van der Waals surface area contributed by atoms with Crippen LogP contribution >= 0.6 is 0 Å². The minimum Gasteiger partial charge on any atom is -0.357 e. The third-order valence-electron chi connectivity index (χ3n) is 2.99. The standard InChI is InChI=1S/C16H16N2O/c1-4-12-9-8-11(3)15(13(12)5-2)18-16(19)14-7-6-10-17-14/h4-10,17H,1-2H2,3H3,(H,18,19). The summed E-state index contributed by atoms with van der Waals surface area (Å²) in [5.41, 5.74) is 4.11. The van der Waals surface area contributed by atoms with E-state index >= 15 is 0 Å². The van der Waals surface area contributed by atoms with Crippen molar-refractivity contribution in [2.45, 2.75) is 6.92 Å². The monoisotopic (exact) mass is 252 g/mol. The van der Waals surface area contributed by atoms with Crippen molar-refractivity contribution >= 4 is 23.7 Å². The van der Waals surface area contributed by atoms with Gasteiger partial charge < -0.3 is 10.3 Å². The number of hydrogen-bond acceptors (Lipinski definition) is 1. The van der Waals surface area contributed by atoms with Gasteiger partial charge >= 0.3 is 0 Å². The summed E-state index contributed by atoms with van der Waals surface area (Å²) < 4.78 is 0. The molecule has 0 saturated carbocycles. The largest absolute Gasteiger partial charge is 0.357 e. The molecule has 19 heavy (non-hydrogen) atoms. The van der Waals surface area contributed by atoms with E-state index in [1.807, 2.05) is 19.1 Å². The minimum atomic E-state index is -0.169. The average Bonchev–Trinajstić information content (AvgIpc) is 2.94. The van der Waals surface area contributed by atoms with Crippen molar-refractivity contribution in [1.82, 2.24) is 4.98 Å². The zero-order valence-corrected chi connectivity index (χ0v) is 10.9. The van der Waals surface area contributed by atoms with Gasteiger partial charge in [-0.1, -0.05) is 37.4 Å². The van der Waals surface area contributed by atoms with Crippen molar-refractivity contribution < 1.29 is 4.79 Å². The molecule has 0 bridgehead atoms. The van der Waals surface area contributed by atoms with E-state index in [1.165, 1.54) is 0 Å². The van der Waals surface area contributed by atoms with Gasteiger partial charge in [-0.15, -0.1) is 0 Å². The van der Waals surface area contributed by atoms with Gasteiger partial charge in [0.2, 0.25) is 0 Å². The second-order valence-electron chi connectivity index (χ2n) is 4.21. The number of aromatic amines is 1. The van der Waals surface area contributed by atoms with Crippen molar-refractivity contribution in [1.29, 1.82) is 0 Å². The number of carbonyl (C=O) groups excluding carboxylic acids is 1. The van der Waals surface area contributed by atoms with Crippen LogP contribution in [0.3, 0.4) is 0 Å². The van der Waals surface area contributed by atoms with Crippen LogP contribution in [0.1, 0.15) is 27.2 Å². The number of anilines is 1. The molecule has 2 rings (SSSR count). The van der Waals surface area contributed by atoms with Gasteiger partial charge in [0.25, 0.3) is 5.91 Å². The molecule has 2 N–H and O–H groups in total. The van der Waals surface area contributed by atoms with Crippen molar-refractivity contribution in [3.05, 3.63) is 66.0 Å². The van der Waals surface area contributed by atoms with Crippen molar-refractivity contribution in [3.63, 3.8) is 0 Å². The Bertz CT molecular complexity index is 624. The van der Waals surface area contributed by atoms with E-state index in [2.05, 4.69) is 23.5 Å². The van der Waals surface area contributed by atoms with Gasteiger partial charge in [-0.05, 0) is 30.2 Å². The number of aromatic nitrogens is 1. The molecule has 3 nitrogen and oxygen atoms in total. The van der Waals surface area contributed by atoms with Gasteiger partial charge in [-0.2, -0.15) is 0 Å². The third-order valence-corrected chi connectivity index (χ3v) is 2.99. The first-order chi connectivity index (χ1) is 9.17. The molecule has 0 unspecified atom stereocenters. The smallest absolute Gasteiger partial charge is 0.272 e. The molecule has 0 aliphatic heterocycles. The van der Waals surface area contributed by atoms with Crippen LogP contribution in [-0.4, -0.2) is 10.9 Å². The summed E-state index contributed by atoms with van der Waals surface area (Å²) in [4.78, 5) is 15.0. The van der Waals surface area contributed by atoms with E-state index in [0.717, 1.165) is 22.4 Å². The Kier molecular flexibility index (Phi) is 3.66. The number of aryl methyl sites for hydroxylation is 1. The molecule has 0 saturated heterocycles. The van der Waals surface area contributed by atoms with Crippen molar-refractivity contribution in [2.24, 2.45) is 0 Å². The van der Waals surface area contributed by atoms with Gasteiger partial charge in [0.1, 0.15) is 5.69 Å². The number of benzene rings is 1. The van der Waals surface area contributed by atoms with Gasteiger partial charge in [0, 0.05) is 11.8 Å². The second kappa shape index (κ2) is 5.40. The van der Waals surface area contributed by atoms with Crippen LogP contribution in [-0.2, 0) is 0 Å². The zero-order chi connectivity index (χ0) is 13.8. The number of H-pyrrole nitrogens is 1. The summed E-state index contributed by atoms with van der Waals surface area (Å²) in [5.74, 6) is -0.169. The maximum Gasteiger partial charge on any atom is 0.272 e. The summed E-state index contributed by atoms with van der Waals surface area (Å²) in [7, 11) is 0. The lowest BCUT2D eigenvalue weighted by Gasteiger charge is -2.13. The number of amides is 1. The molecule has 2 aromatic rings. The SMILES string of the molecule is C=Cc1ccc(C)c(NC(=O)c2ccc[nH]2)c1C=C. The molecule has 1 amide bonds. The van der Waals surface area contributed by atoms with E-state index in [4.69, 9.17) is 0 Å². The van der Waals surface area contributed by atoms with Crippen LogP contribution < -0.4 is 5.32 Å². The third kappa shape index (κ3) is 2.50. The van der Waals surface area contributed by atoms with Crippen molar-refractivity contribution in [2.75, 3.05) is 5.32 Å². The summed E-state index contributed by atoms with van der Waals surface area (Å²) in [5, 5.41) is 2.92. The van der Waals surface area contributed by atoms with Gasteiger partial charge in [-0.3, -0.25) is 4.79 Å². The lowest BCUT2D eigenvalue weighted by Crippen LogP contribution is -2.14. The van der Waals surface area contributed by atoms with E-state index in [1.54, 1.807) is 30.5 Å². The molecule has 3 heteroatoms. The summed E-state index contributed by atoms with van der Waals surface area (Å²) in [6.45, 7) is 9.53. The maximum atomic E-state index is 12.1. The molecule has 1 aromatic heterocycles. The fourth-order valence-corrected chi connectivity index (χ4v) is 1.96. The van der Waals surface area contributed by atoms with Gasteiger partial charge in [0.05, 0.1) is 5.69 Å². The number of nitrogens with one attached hydrogen (secondary N) is 2. The van der Waals surface area contributed by atoms with Crippen LogP contribution in [0.4, 0.5) is 5.69 Å². The fourth-order valence-electron chi connectivity index (χ4n) is 1.96. The maximum absolute atomic E-state index is 12.1. The highest BCUT2D eigenvalue weighted by Gasteiger charge is 2.12. The van der Waals surface area contributed by atoms with Crippen LogP contribution in [0, 0.1) is 6.92 Å². The van der Waals surface area contributed by atoms with Crippen LogP contribution in [0.2, 0.25) is 0 Å². The molecule has 1 heterocycles. The minimum absolute atomic E-state index is 0.169. The first-order valence-electron chi connectivity index (χ1n) is 6.00. The first-order valence-corrected chi connectivity index (χ1v) is 6.00. The Balaban J connectivity index is 2.42. The highest BCUT2D eigenvalue weighted by Crippen LogP contribution is 2.26. The highest BCUT2D eigenvalue weighted by atomic mass is 16.1. The lowest BCUT2D eigenvalue weighted by atomic mass is 10.0. The Labute approximate surface area is 112 Å². The normalized spacial score (nSPS) is 9.95. The fraction of sp³-hybridized carbons (Fsp3) is 0.0625. The quantitative estimate of drug-likeness (QED) is 0.852. The van der Waals surface area contributed by atoms with Crippen LogP contribution in [0.25, 0.3) is 12.2 Å². The van der Waals surface area contributed by atoms with E-state index in [0.29, 0.717) is 5.69 Å².